The molecule has 2 aliphatic rings. The Labute approximate surface area is 155 Å². The van der Waals surface area contributed by atoms with E-state index in [0.717, 1.165) is 51.9 Å². The second-order valence-corrected chi connectivity index (χ2v) is 7.28. The summed E-state index contributed by atoms with van der Waals surface area (Å²) in [5.74, 6) is 0.566. The van der Waals surface area contributed by atoms with Gasteiger partial charge < -0.3 is 15.5 Å². The zero-order valence-corrected chi connectivity index (χ0v) is 15.6. The molecule has 1 saturated heterocycles. The Hall–Kier alpha value is -2.11. The van der Waals surface area contributed by atoms with E-state index in [-0.39, 0.29) is 23.7 Å². The Balaban J connectivity index is 1.60. The van der Waals surface area contributed by atoms with Crippen molar-refractivity contribution in [2.75, 3.05) is 32.7 Å². The summed E-state index contributed by atoms with van der Waals surface area (Å²) in [5.41, 5.74) is 1.20. The molecule has 2 fully saturated rings. The fourth-order valence-corrected chi connectivity index (χ4v) is 3.78. The van der Waals surface area contributed by atoms with Crippen LogP contribution in [0.5, 0.6) is 0 Å². The number of guanidine groups is 1. The van der Waals surface area contributed by atoms with E-state index in [2.05, 4.69) is 15.6 Å². The molecule has 26 heavy (non-hydrogen) atoms. The summed E-state index contributed by atoms with van der Waals surface area (Å²) in [4.78, 5) is 18.6. The Morgan fingerprint density at radius 2 is 1.85 bits per heavy atom. The number of amides is 1. The van der Waals surface area contributed by atoms with Gasteiger partial charge in [0.25, 0.3) is 0 Å². The number of likely N-dealkylation sites (tertiary alicyclic amines) is 1. The zero-order chi connectivity index (χ0) is 18.4. The number of hydrogen-bond donors (Lipinski definition) is 2. The van der Waals surface area contributed by atoms with Crippen LogP contribution in [0.4, 0.5) is 4.39 Å². The highest BCUT2D eigenvalue weighted by Crippen LogP contribution is 2.43. The van der Waals surface area contributed by atoms with Crippen LogP contribution in [0.3, 0.4) is 0 Å². The van der Waals surface area contributed by atoms with Gasteiger partial charge in [-0.05, 0) is 50.3 Å². The van der Waals surface area contributed by atoms with Gasteiger partial charge in [0.1, 0.15) is 12.4 Å². The molecule has 0 bridgehead atoms. The molecule has 0 aromatic heterocycles. The Kier molecular flexibility index (Phi) is 6.12. The highest BCUT2D eigenvalue weighted by atomic mass is 19.1. The lowest BCUT2D eigenvalue weighted by molar-refractivity contribution is -0.128. The van der Waals surface area contributed by atoms with Crippen molar-refractivity contribution < 1.29 is 9.18 Å². The second-order valence-electron chi connectivity index (χ2n) is 7.28. The van der Waals surface area contributed by atoms with E-state index in [1.54, 1.807) is 0 Å². The zero-order valence-electron chi connectivity index (χ0n) is 15.6. The monoisotopic (exact) mass is 360 g/mol. The Morgan fingerprint density at radius 1 is 1.15 bits per heavy atom. The Morgan fingerprint density at radius 3 is 2.42 bits per heavy atom. The minimum Gasteiger partial charge on any atom is -0.357 e. The maximum atomic E-state index is 13.2. The summed E-state index contributed by atoms with van der Waals surface area (Å²) in [5, 5.41) is 6.61. The van der Waals surface area contributed by atoms with Crippen LogP contribution >= 0.6 is 0 Å². The van der Waals surface area contributed by atoms with Crippen LogP contribution in [0.25, 0.3) is 0 Å². The molecule has 1 aromatic carbocycles. The summed E-state index contributed by atoms with van der Waals surface area (Å²) in [6, 6.07) is 6.83. The molecule has 5 nitrogen and oxygen atoms in total. The molecule has 142 valence electrons. The minimum atomic E-state index is -0.202. The molecule has 0 atom stereocenters. The molecule has 2 N–H and O–H groups in total. The van der Waals surface area contributed by atoms with E-state index in [1.807, 2.05) is 24.0 Å². The first-order valence-corrected chi connectivity index (χ1v) is 9.69. The smallest absolute Gasteiger partial charge is 0.244 e. The molecule has 1 aliphatic carbocycles. The van der Waals surface area contributed by atoms with Gasteiger partial charge >= 0.3 is 0 Å². The number of rotatable bonds is 6. The molecule has 0 spiro atoms. The predicted octanol–water partition coefficient (Wildman–Crippen LogP) is 2.42. The van der Waals surface area contributed by atoms with Gasteiger partial charge in [-0.25, -0.2) is 9.38 Å². The van der Waals surface area contributed by atoms with E-state index in [4.69, 9.17) is 0 Å². The number of halogens is 1. The van der Waals surface area contributed by atoms with Crippen LogP contribution in [0.15, 0.2) is 29.3 Å². The summed E-state index contributed by atoms with van der Waals surface area (Å²) >= 11 is 0. The topological polar surface area (TPSA) is 56.7 Å². The quantitative estimate of drug-likeness (QED) is 0.605. The minimum absolute atomic E-state index is 0.0306. The van der Waals surface area contributed by atoms with E-state index >= 15 is 0 Å². The van der Waals surface area contributed by atoms with Crippen LogP contribution < -0.4 is 10.6 Å². The van der Waals surface area contributed by atoms with Crippen molar-refractivity contribution >= 4 is 11.9 Å². The number of hydrogen-bond acceptors (Lipinski definition) is 2. The summed E-state index contributed by atoms with van der Waals surface area (Å²) in [7, 11) is 0. The molecule has 1 aliphatic heterocycles. The number of aliphatic imine (C=N–C) groups is 1. The molecule has 3 rings (SSSR count). The van der Waals surface area contributed by atoms with Crippen LogP contribution in [-0.4, -0.2) is 49.5 Å². The molecule has 0 unspecified atom stereocenters. The lowest BCUT2D eigenvalue weighted by Crippen LogP contribution is -2.49. The first kappa shape index (κ1) is 18.7. The van der Waals surface area contributed by atoms with E-state index in [1.165, 1.54) is 24.1 Å². The standard InChI is InChI=1S/C20H29FN4O/c1-2-22-19(23-14-18(26)25-12-3-4-13-25)24-15-20(10-5-11-20)16-6-8-17(21)9-7-16/h6-9H,2-5,10-15H2,1H3,(H2,22,23,24). The maximum Gasteiger partial charge on any atom is 0.244 e. The van der Waals surface area contributed by atoms with Crippen molar-refractivity contribution in [2.45, 2.75) is 44.4 Å². The molecule has 1 heterocycles. The predicted molar refractivity (Wildman–Crippen MR) is 102 cm³/mol. The van der Waals surface area contributed by atoms with Gasteiger partial charge in [-0.1, -0.05) is 18.6 Å². The average molecular weight is 360 g/mol. The van der Waals surface area contributed by atoms with Crippen molar-refractivity contribution in [3.63, 3.8) is 0 Å². The lowest BCUT2D eigenvalue weighted by Gasteiger charge is -2.43. The molecule has 1 amide bonds. The fraction of sp³-hybridized carbons (Fsp3) is 0.600. The van der Waals surface area contributed by atoms with Gasteiger partial charge in [0.15, 0.2) is 5.96 Å². The highest BCUT2D eigenvalue weighted by Gasteiger charge is 2.38. The summed E-state index contributed by atoms with van der Waals surface area (Å²) in [6.45, 7) is 5.38. The molecule has 0 radical (unpaired) electrons. The van der Waals surface area contributed by atoms with Crippen LogP contribution in [0.1, 0.15) is 44.6 Å². The van der Waals surface area contributed by atoms with Gasteiger partial charge in [0.05, 0.1) is 0 Å². The van der Waals surface area contributed by atoms with Gasteiger partial charge in [0.2, 0.25) is 5.91 Å². The number of benzene rings is 1. The van der Waals surface area contributed by atoms with Crippen molar-refractivity contribution in [3.05, 3.63) is 35.6 Å². The van der Waals surface area contributed by atoms with E-state index < -0.39 is 0 Å². The first-order chi connectivity index (χ1) is 12.6. The van der Waals surface area contributed by atoms with E-state index in [0.29, 0.717) is 5.96 Å². The van der Waals surface area contributed by atoms with Crippen molar-refractivity contribution in [3.8, 4) is 0 Å². The third kappa shape index (κ3) is 4.34. The molecular formula is C20H29FN4O. The van der Waals surface area contributed by atoms with Crippen molar-refractivity contribution in [1.29, 1.82) is 0 Å². The normalized spacial score (nSPS) is 19.2. The van der Waals surface area contributed by atoms with Crippen molar-refractivity contribution in [2.24, 2.45) is 4.99 Å². The molecule has 1 saturated carbocycles. The number of carbonyl (C=O) groups is 1. The van der Waals surface area contributed by atoms with E-state index in [9.17, 15) is 9.18 Å². The largest absolute Gasteiger partial charge is 0.357 e. The first-order valence-electron chi connectivity index (χ1n) is 9.69. The summed E-state index contributed by atoms with van der Waals surface area (Å²) in [6.07, 6.45) is 5.53. The lowest BCUT2D eigenvalue weighted by atomic mass is 9.64. The third-order valence-corrected chi connectivity index (χ3v) is 5.54. The Bertz CT molecular complexity index is 634. The highest BCUT2D eigenvalue weighted by molar-refractivity contribution is 5.85. The van der Waals surface area contributed by atoms with Crippen molar-refractivity contribution in [1.82, 2.24) is 15.5 Å². The maximum absolute atomic E-state index is 13.2. The van der Waals surface area contributed by atoms with Crippen LogP contribution in [-0.2, 0) is 10.2 Å². The molecular weight excluding hydrogens is 331 g/mol. The molecule has 6 heteroatoms. The number of carbonyl (C=O) groups excluding carboxylic acids is 1. The average Bonchev–Trinajstić information content (AvgIpc) is 3.14. The van der Waals surface area contributed by atoms with Gasteiger partial charge in [-0.3, -0.25) is 4.79 Å². The number of nitrogens with one attached hydrogen (secondary N) is 2. The fourth-order valence-electron chi connectivity index (χ4n) is 3.78. The van der Waals surface area contributed by atoms with Crippen LogP contribution in [0.2, 0.25) is 0 Å². The van der Waals surface area contributed by atoms with Crippen LogP contribution in [0, 0.1) is 5.82 Å². The molecule has 1 aromatic rings. The summed E-state index contributed by atoms with van der Waals surface area (Å²) < 4.78 is 13.2. The van der Waals surface area contributed by atoms with Gasteiger partial charge in [-0.2, -0.15) is 0 Å². The van der Waals surface area contributed by atoms with Gasteiger partial charge in [-0.15, -0.1) is 0 Å². The number of nitrogens with zero attached hydrogens (tertiary/aromatic N) is 2. The third-order valence-electron chi connectivity index (χ3n) is 5.54. The SMILES string of the molecule is CCNC(=NCC(=O)N1CCCC1)NCC1(c2ccc(F)cc2)CCC1. The van der Waals surface area contributed by atoms with Gasteiger partial charge in [0, 0.05) is 31.6 Å². The second kappa shape index (κ2) is 8.52.